The van der Waals surface area contributed by atoms with Gasteiger partial charge in [-0.05, 0) is 30.7 Å². The van der Waals surface area contributed by atoms with Gasteiger partial charge in [-0.15, -0.1) is 0 Å². The van der Waals surface area contributed by atoms with Crippen LogP contribution in [0.3, 0.4) is 0 Å². The zero-order valence-corrected chi connectivity index (χ0v) is 13.2. The number of nitrogens with zero attached hydrogens (tertiary/aromatic N) is 1. The van der Waals surface area contributed by atoms with E-state index >= 15 is 0 Å². The summed E-state index contributed by atoms with van der Waals surface area (Å²) in [6.07, 6.45) is 0. The normalized spacial score (nSPS) is 10.2. The maximum Gasteiger partial charge on any atom is 0.311 e. The summed E-state index contributed by atoms with van der Waals surface area (Å²) < 4.78 is 11.8. The summed E-state index contributed by atoms with van der Waals surface area (Å²) in [6, 6.07) is 10.4. The first-order valence-electron chi connectivity index (χ1n) is 6.22. The zero-order valence-electron chi connectivity index (χ0n) is 11.6. The summed E-state index contributed by atoms with van der Waals surface area (Å²) in [5, 5.41) is 11.1. The third kappa shape index (κ3) is 3.52. The Labute approximate surface area is 130 Å². The number of nitro groups is 1. The molecule has 0 radical (unpaired) electrons. The van der Waals surface area contributed by atoms with E-state index in [1.54, 1.807) is 26.2 Å². The molecule has 0 amide bonds. The number of para-hydroxylation sites is 1. The average Bonchev–Trinajstić information content (AvgIpc) is 2.45. The third-order valence-corrected chi connectivity index (χ3v) is 3.50. The summed E-state index contributed by atoms with van der Waals surface area (Å²) in [6.45, 7) is 1.97. The first-order chi connectivity index (χ1) is 10.0. The van der Waals surface area contributed by atoms with E-state index in [0.29, 0.717) is 5.75 Å². The van der Waals surface area contributed by atoms with Crippen molar-refractivity contribution in [2.45, 2.75) is 13.5 Å². The number of ether oxygens (including phenoxy) is 2. The van der Waals surface area contributed by atoms with Gasteiger partial charge in [0, 0.05) is 16.1 Å². The summed E-state index contributed by atoms with van der Waals surface area (Å²) in [5.41, 5.74) is 1.49. The van der Waals surface area contributed by atoms with Gasteiger partial charge in [0.25, 0.3) is 0 Å². The van der Waals surface area contributed by atoms with Gasteiger partial charge >= 0.3 is 5.69 Å². The summed E-state index contributed by atoms with van der Waals surface area (Å²) in [4.78, 5) is 10.6. The minimum Gasteiger partial charge on any atom is -0.496 e. The van der Waals surface area contributed by atoms with Crippen molar-refractivity contribution in [3.05, 3.63) is 62.1 Å². The molecule has 0 aliphatic rings. The molecule has 0 N–H and O–H groups in total. The topological polar surface area (TPSA) is 61.6 Å². The Morgan fingerprint density at radius 3 is 2.71 bits per heavy atom. The largest absolute Gasteiger partial charge is 0.496 e. The lowest BCUT2D eigenvalue weighted by Crippen LogP contribution is -2.02. The second-order valence-corrected chi connectivity index (χ2v) is 5.34. The van der Waals surface area contributed by atoms with Crippen molar-refractivity contribution in [1.29, 1.82) is 0 Å². The number of nitro benzene ring substituents is 1. The Bertz CT molecular complexity index is 673. The predicted octanol–water partition coefficient (Wildman–Crippen LogP) is 4.25. The molecular formula is C15H14BrNO4. The summed E-state index contributed by atoms with van der Waals surface area (Å²) in [7, 11) is 1.57. The molecule has 5 nitrogen and oxygen atoms in total. The van der Waals surface area contributed by atoms with Gasteiger partial charge in [0.2, 0.25) is 0 Å². The molecule has 0 atom stereocenters. The van der Waals surface area contributed by atoms with Crippen LogP contribution in [-0.4, -0.2) is 12.0 Å². The maximum absolute atomic E-state index is 11.1. The first-order valence-corrected chi connectivity index (χ1v) is 7.01. The number of hydrogen-bond acceptors (Lipinski definition) is 4. The Morgan fingerprint density at radius 2 is 2.05 bits per heavy atom. The van der Waals surface area contributed by atoms with Crippen molar-refractivity contribution in [2.75, 3.05) is 7.11 Å². The molecule has 0 spiro atoms. The lowest BCUT2D eigenvalue weighted by molar-refractivity contribution is -0.386. The van der Waals surface area contributed by atoms with Crippen LogP contribution in [-0.2, 0) is 6.61 Å². The van der Waals surface area contributed by atoms with Crippen molar-refractivity contribution in [1.82, 2.24) is 0 Å². The second kappa shape index (κ2) is 6.58. The highest BCUT2D eigenvalue weighted by Crippen LogP contribution is 2.32. The van der Waals surface area contributed by atoms with Gasteiger partial charge in [-0.1, -0.05) is 28.1 Å². The van der Waals surface area contributed by atoms with Crippen molar-refractivity contribution >= 4 is 21.6 Å². The SMILES string of the molecule is COc1ccc(Br)cc1COc1c(C)cccc1[N+](=O)[O-]. The van der Waals surface area contributed by atoms with E-state index in [9.17, 15) is 10.1 Å². The molecule has 21 heavy (non-hydrogen) atoms. The number of halogens is 1. The van der Waals surface area contributed by atoms with E-state index in [-0.39, 0.29) is 18.0 Å². The third-order valence-electron chi connectivity index (χ3n) is 3.00. The molecule has 110 valence electrons. The Hall–Kier alpha value is -2.08. The monoisotopic (exact) mass is 351 g/mol. The highest BCUT2D eigenvalue weighted by Gasteiger charge is 2.17. The van der Waals surface area contributed by atoms with E-state index < -0.39 is 4.92 Å². The molecule has 6 heteroatoms. The number of aryl methyl sites for hydroxylation is 1. The molecule has 0 aliphatic heterocycles. The van der Waals surface area contributed by atoms with Gasteiger partial charge < -0.3 is 9.47 Å². The fraction of sp³-hybridized carbons (Fsp3) is 0.200. The second-order valence-electron chi connectivity index (χ2n) is 4.43. The molecule has 0 unspecified atom stereocenters. The molecular weight excluding hydrogens is 338 g/mol. The van der Waals surface area contributed by atoms with Crippen molar-refractivity contribution in [2.24, 2.45) is 0 Å². The predicted molar refractivity (Wildman–Crippen MR) is 82.9 cm³/mol. The van der Waals surface area contributed by atoms with Crippen LogP contribution in [0.25, 0.3) is 0 Å². The molecule has 0 aromatic heterocycles. The smallest absolute Gasteiger partial charge is 0.311 e. The molecule has 0 saturated heterocycles. The van der Waals surface area contributed by atoms with Crippen molar-refractivity contribution in [3.63, 3.8) is 0 Å². The van der Waals surface area contributed by atoms with Crippen molar-refractivity contribution in [3.8, 4) is 11.5 Å². The highest BCUT2D eigenvalue weighted by molar-refractivity contribution is 9.10. The molecule has 2 rings (SSSR count). The highest BCUT2D eigenvalue weighted by atomic mass is 79.9. The number of methoxy groups -OCH3 is 1. The van der Waals surface area contributed by atoms with Crippen LogP contribution in [0.1, 0.15) is 11.1 Å². The minimum absolute atomic E-state index is 0.0380. The van der Waals surface area contributed by atoms with Crippen LogP contribution in [0.15, 0.2) is 40.9 Å². The zero-order chi connectivity index (χ0) is 15.4. The lowest BCUT2D eigenvalue weighted by atomic mass is 10.2. The van der Waals surface area contributed by atoms with Crippen LogP contribution in [0.5, 0.6) is 11.5 Å². The van der Waals surface area contributed by atoms with Crippen LogP contribution < -0.4 is 9.47 Å². The average molecular weight is 352 g/mol. The number of benzene rings is 2. The molecule has 2 aromatic carbocycles. The number of rotatable bonds is 5. The van der Waals surface area contributed by atoms with Gasteiger partial charge in [0.1, 0.15) is 12.4 Å². The standard InChI is InChI=1S/C15H14BrNO4/c1-10-4-3-5-13(17(18)19)15(10)21-9-11-8-12(16)6-7-14(11)20-2/h3-8H,9H2,1-2H3. The molecule has 0 saturated carbocycles. The van der Waals surface area contributed by atoms with E-state index in [1.165, 1.54) is 6.07 Å². The van der Waals surface area contributed by atoms with Gasteiger partial charge in [0.05, 0.1) is 12.0 Å². The fourth-order valence-electron chi connectivity index (χ4n) is 1.98. The lowest BCUT2D eigenvalue weighted by Gasteiger charge is -2.12. The van der Waals surface area contributed by atoms with Gasteiger partial charge in [0.15, 0.2) is 5.75 Å². The Kier molecular flexibility index (Phi) is 4.80. The van der Waals surface area contributed by atoms with Crippen LogP contribution in [0, 0.1) is 17.0 Å². The molecule has 2 aromatic rings. The van der Waals surface area contributed by atoms with Crippen molar-refractivity contribution < 1.29 is 14.4 Å². The first kappa shape index (κ1) is 15.3. The molecule has 0 heterocycles. The molecule has 0 fully saturated rings. The summed E-state index contributed by atoms with van der Waals surface area (Å²) in [5.74, 6) is 0.957. The maximum atomic E-state index is 11.1. The fourth-order valence-corrected chi connectivity index (χ4v) is 2.39. The quantitative estimate of drug-likeness (QED) is 0.596. The van der Waals surface area contributed by atoms with Crippen LogP contribution in [0.2, 0.25) is 0 Å². The minimum atomic E-state index is -0.444. The van der Waals surface area contributed by atoms with Gasteiger partial charge in [-0.25, -0.2) is 0 Å². The van der Waals surface area contributed by atoms with Gasteiger partial charge in [-0.2, -0.15) is 0 Å². The number of hydrogen-bond donors (Lipinski definition) is 0. The van der Waals surface area contributed by atoms with E-state index in [0.717, 1.165) is 15.6 Å². The van der Waals surface area contributed by atoms with Crippen LogP contribution >= 0.6 is 15.9 Å². The molecule has 0 aliphatic carbocycles. The van der Waals surface area contributed by atoms with Crippen LogP contribution in [0.4, 0.5) is 5.69 Å². The summed E-state index contributed by atoms with van der Waals surface area (Å²) >= 11 is 3.38. The van der Waals surface area contributed by atoms with E-state index in [2.05, 4.69) is 15.9 Å². The molecule has 0 bridgehead atoms. The van der Waals surface area contributed by atoms with E-state index in [1.807, 2.05) is 18.2 Å². The van der Waals surface area contributed by atoms with Gasteiger partial charge in [-0.3, -0.25) is 10.1 Å². The Balaban J connectivity index is 2.28. The van der Waals surface area contributed by atoms with E-state index in [4.69, 9.17) is 9.47 Å². The Morgan fingerprint density at radius 1 is 1.29 bits per heavy atom.